The molecule has 4 rings (SSSR count). The second-order valence-electron chi connectivity index (χ2n) is 8.07. The summed E-state index contributed by atoms with van der Waals surface area (Å²) in [6, 6.07) is 13.0. The number of aryl methyl sites for hydroxylation is 3. The van der Waals surface area contributed by atoms with Crippen molar-refractivity contribution in [2.75, 3.05) is 36.4 Å². The summed E-state index contributed by atoms with van der Waals surface area (Å²) in [6.45, 7) is 7.30. The molecular formula is C23H25Cl2N5O2S. The summed E-state index contributed by atoms with van der Waals surface area (Å²) in [5.74, 6) is 2.09. The van der Waals surface area contributed by atoms with Crippen LogP contribution in [0.5, 0.6) is 0 Å². The molecule has 2 aromatic carbocycles. The second kappa shape index (κ2) is 9.46. The van der Waals surface area contributed by atoms with Gasteiger partial charge in [-0.15, -0.1) is 0 Å². The van der Waals surface area contributed by atoms with Gasteiger partial charge in [-0.1, -0.05) is 40.9 Å². The van der Waals surface area contributed by atoms with Gasteiger partial charge in [0.15, 0.2) is 0 Å². The molecule has 0 saturated carbocycles. The smallest absolute Gasteiger partial charge is 0.244 e. The Balaban J connectivity index is 1.49. The number of nitrogens with zero attached hydrogens (tertiary/aromatic N) is 4. The van der Waals surface area contributed by atoms with Gasteiger partial charge in [0, 0.05) is 43.0 Å². The molecule has 1 fully saturated rings. The topological polar surface area (TPSA) is 78.4 Å². The number of hydrogen-bond acceptors (Lipinski definition) is 6. The van der Waals surface area contributed by atoms with Gasteiger partial charge >= 0.3 is 0 Å². The Labute approximate surface area is 204 Å². The first kappa shape index (κ1) is 23.8. The highest BCUT2D eigenvalue weighted by atomic mass is 35.5. The number of benzene rings is 2. The van der Waals surface area contributed by atoms with Crippen LogP contribution in [0.15, 0.2) is 47.4 Å². The van der Waals surface area contributed by atoms with Crippen molar-refractivity contribution in [3.8, 4) is 0 Å². The van der Waals surface area contributed by atoms with Crippen LogP contribution in [0, 0.1) is 20.8 Å². The fraction of sp³-hybridized carbons (Fsp3) is 0.304. The molecule has 1 aliphatic rings. The van der Waals surface area contributed by atoms with Crippen molar-refractivity contribution >= 4 is 50.5 Å². The van der Waals surface area contributed by atoms with Crippen molar-refractivity contribution in [3.05, 3.63) is 69.5 Å². The zero-order valence-electron chi connectivity index (χ0n) is 18.6. The Bertz CT molecular complexity index is 1270. The standard InChI is InChI=1S/C23H25Cl2N5O2S/c1-15-4-6-18(7-5-15)28-22-14-23(27-17(3)26-22)29-8-10-30(11-9-29)33(31,32)21-12-16(2)19(24)13-20(21)25/h4-7,12-14H,8-11H2,1-3H3,(H,26,27,28). The molecular weight excluding hydrogens is 481 g/mol. The molecule has 1 N–H and O–H groups in total. The first-order valence-corrected chi connectivity index (χ1v) is 12.7. The summed E-state index contributed by atoms with van der Waals surface area (Å²) in [7, 11) is -3.73. The van der Waals surface area contributed by atoms with Crippen LogP contribution in [0.1, 0.15) is 17.0 Å². The lowest BCUT2D eigenvalue weighted by atomic mass is 10.2. The highest BCUT2D eigenvalue weighted by Crippen LogP contribution is 2.31. The van der Waals surface area contributed by atoms with E-state index < -0.39 is 10.0 Å². The average Bonchev–Trinajstić information content (AvgIpc) is 2.77. The molecule has 174 valence electrons. The van der Waals surface area contributed by atoms with Crippen LogP contribution in [0.3, 0.4) is 0 Å². The zero-order valence-corrected chi connectivity index (χ0v) is 21.0. The van der Waals surface area contributed by atoms with E-state index in [1.165, 1.54) is 22.0 Å². The number of hydrogen-bond donors (Lipinski definition) is 1. The highest BCUT2D eigenvalue weighted by Gasteiger charge is 2.31. The van der Waals surface area contributed by atoms with Crippen molar-refractivity contribution in [1.82, 2.24) is 14.3 Å². The average molecular weight is 506 g/mol. The number of sulfonamides is 1. The Morgan fingerprint density at radius 2 is 1.55 bits per heavy atom. The minimum absolute atomic E-state index is 0.0852. The van der Waals surface area contributed by atoms with Crippen LogP contribution >= 0.6 is 23.2 Å². The van der Waals surface area contributed by atoms with E-state index in [2.05, 4.69) is 20.2 Å². The third kappa shape index (κ3) is 5.24. The lowest BCUT2D eigenvalue weighted by Gasteiger charge is -2.35. The first-order chi connectivity index (χ1) is 15.6. The van der Waals surface area contributed by atoms with E-state index in [0.717, 1.165) is 11.5 Å². The molecule has 7 nitrogen and oxygen atoms in total. The van der Waals surface area contributed by atoms with Crippen molar-refractivity contribution in [2.24, 2.45) is 0 Å². The van der Waals surface area contributed by atoms with E-state index >= 15 is 0 Å². The van der Waals surface area contributed by atoms with Gasteiger partial charge in [0.1, 0.15) is 22.4 Å². The number of aromatic nitrogens is 2. The fourth-order valence-corrected chi connectivity index (χ4v) is 5.92. The van der Waals surface area contributed by atoms with Gasteiger partial charge in [0.25, 0.3) is 0 Å². The normalized spacial score (nSPS) is 15.0. The largest absolute Gasteiger partial charge is 0.354 e. The predicted octanol–water partition coefficient (Wildman–Crippen LogP) is 4.96. The third-order valence-electron chi connectivity index (χ3n) is 5.54. The Kier molecular flexibility index (Phi) is 6.81. The Hall–Kier alpha value is -2.39. The van der Waals surface area contributed by atoms with Gasteiger partial charge < -0.3 is 10.2 Å². The molecule has 10 heteroatoms. The Morgan fingerprint density at radius 1 is 0.879 bits per heavy atom. The first-order valence-electron chi connectivity index (χ1n) is 10.5. The molecule has 0 atom stereocenters. The van der Waals surface area contributed by atoms with Gasteiger partial charge in [-0.2, -0.15) is 4.31 Å². The zero-order chi connectivity index (χ0) is 23.8. The molecule has 0 unspecified atom stereocenters. The number of halogens is 2. The molecule has 0 aliphatic carbocycles. The molecule has 0 bridgehead atoms. The van der Waals surface area contributed by atoms with E-state index in [9.17, 15) is 8.42 Å². The van der Waals surface area contributed by atoms with Gasteiger partial charge in [-0.05, 0) is 50.6 Å². The summed E-state index contributed by atoms with van der Waals surface area (Å²) >= 11 is 12.3. The molecule has 3 aromatic rings. The molecule has 1 aromatic heterocycles. The summed E-state index contributed by atoms with van der Waals surface area (Å²) in [5, 5.41) is 3.89. The van der Waals surface area contributed by atoms with Gasteiger partial charge in [0.2, 0.25) is 10.0 Å². The van der Waals surface area contributed by atoms with Crippen molar-refractivity contribution < 1.29 is 8.42 Å². The van der Waals surface area contributed by atoms with Crippen LogP contribution in [-0.2, 0) is 10.0 Å². The number of anilines is 3. The van der Waals surface area contributed by atoms with Crippen LogP contribution in [-0.4, -0.2) is 48.9 Å². The maximum atomic E-state index is 13.2. The van der Waals surface area contributed by atoms with Crippen LogP contribution < -0.4 is 10.2 Å². The maximum Gasteiger partial charge on any atom is 0.244 e. The molecule has 33 heavy (non-hydrogen) atoms. The van der Waals surface area contributed by atoms with Gasteiger partial charge in [-0.3, -0.25) is 0 Å². The molecule has 0 spiro atoms. The SMILES string of the molecule is Cc1ccc(Nc2cc(N3CCN(S(=O)(=O)c4cc(C)c(Cl)cc4Cl)CC3)nc(C)n2)cc1. The number of piperazine rings is 1. The van der Waals surface area contributed by atoms with E-state index in [1.807, 2.05) is 44.2 Å². The summed E-state index contributed by atoms with van der Waals surface area (Å²) in [6.07, 6.45) is 0. The predicted molar refractivity (Wildman–Crippen MR) is 133 cm³/mol. The van der Waals surface area contributed by atoms with Gasteiger partial charge in [0.05, 0.1) is 5.02 Å². The molecule has 1 saturated heterocycles. The van der Waals surface area contributed by atoms with Crippen molar-refractivity contribution in [2.45, 2.75) is 25.7 Å². The van der Waals surface area contributed by atoms with Gasteiger partial charge in [-0.25, -0.2) is 18.4 Å². The summed E-state index contributed by atoms with van der Waals surface area (Å²) < 4.78 is 27.8. The van der Waals surface area contributed by atoms with Crippen molar-refractivity contribution in [3.63, 3.8) is 0 Å². The summed E-state index contributed by atoms with van der Waals surface area (Å²) in [4.78, 5) is 11.2. The fourth-order valence-electron chi connectivity index (χ4n) is 3.69. The Morgan fingerprint density at radius 3 is 2.21 bits per heavy atom. The van der Waals surface area contributed by atoms with Crippen molar-refractivity contribution in [1.29, 1.82) is 0 Å². The third-order valence-corrected chi connectivity index (χ3v) is 8.31. The van der Waals surface area contributed by atoms with Crippen LogP contribution in [0.2, 0.25) is 10.0 Å². The molecule has 0 radical (unpaired) electrons. The molecule has 2 heterocycles. The van der Waals surface area contributed by atoms with E-state index in [4.69, 9.17) is 23.2 Å². The summed E-state index contributed by atoms with van der Waals surface area (Å²) in [5.41, 5.74) is 2.79. The van der Waals surface area contributed by atoms with Crippen LogP contribution in [0.25, 0.3) is 0 Å². The monoisotopic (exact) mass is 505 g/mol. The molecule has 1 aliphatic heterocycles. The molecule has 0 amide bonds. The lowest BCUT2D eigenvalue weighted by Crippen LogP contribution is -2.49. The quantitative estimate of drug-likeness (QED) is 0.527. The highest BCUT2D eigenvalue weighted by molar-refractivity contribution is 7.89. The lowest BCUT2D eigenvalue weighted by molar-refractivity contribution is 0.383. The second-order valence-corrected chi connectivity index (χ2v) is 10.8. The maximum absolute atomic E-state index is 13.2. The number of rotatable bonds is 5. The van der Waals surface area contributed by atoms with E-state index in [0.29, 0.717) is 48.4 Å². The minimum Gasteiger partial charge on any atom is -0.354 e. The number of nitrogens with one attached hydrogen (secondary N) is 1. The van der Waals surface area contributed by atoms with E-state index in [-0.39, 0.29) is 9.92 Å². The van der Waals surface area contributed by atoms with Crippen LogP contribution in [0.4, 0.5) is 17.3 Å². The van der Waals surface area contributed by atoms with E-state index in [1.54, 1.807) is 6.92 Å². The minimum atomic E-state index is -3.73.